The van der Waals surface area contributed by atoms with Crippen molar-refractivity contribution in [3.05, 3.63) is 9.98 Å². The molecule has 5 nitrogen and oxygen atoms in total. The number of thiocarbonyl (C=S) groups is 1. The minimum Gasteiger partial charge on any atom is -0.392 e. The number of anilines is 1. The van der Waals surface area contributed by atoms with Gasteiger partial charge in [-0.25, -0.2) is 13.4 Å². The summed E-state index contributed by atoms with van der Waals surface area (Å²) < 4.78 is 26.8. The van der Waals surface area contributed by atoms with Crippen LogP contribution < -0.4 is 10.5 Å². The second kappa shape index (κ2) is 5.39. The highest BCUT2D eigenvalue weighted by molar-refractivity contribution is 9.11. The monoisotopic (exact) mass is 343 g/mol. The average Bonchev–Trinajstić information content (AvgIpc) is 2.49. The second-order valence-corrected chi connectivity index (χ2v) is 7.66. The molecule has 1 aromatic rings. The summed E-state index contributed by atoms with van der Waals surface area (Å²) in [5.74, 6) is 0. The van der Waals surface area contributed by atoms with Crippen molar-refractivity contribution in [2.24, 2.45) is 5.73 Å². The van der Waals surface area contributed by atoms with E-state index in [0.717, 1.165) is 3.79 Å². The molecule has 0 radical (unpaired) electrons. The molecular weight excluding hydrogens is 334 g/mol. The van der Waals surface area contributed by atoms with Crippen LogP contribution in [0.4, 0.5) is 5.13 Å². The van der Waals surface area contributed by atoms with Gasteiger partial charge in [-0.15, -0.1) is 0 Å². The molecule has 9 heteroatoms. The van der Waals surface area contributed by atoms with E-state index in [1.165, 1.54) is 17.5 Å². The van der Waals surface area contributed by atoms with Gasteiger partial charge in [0.05, 0.1) is 15.0 Å². The quantitative estimate of drug-likeness (QED) is 0.795. The van der Waals surface area contributed by atoms with Gasteiger partial charge >= 0.3 is 0 Å². The topological polar surface area (TPSA) is 85.1 Å². The van der Waals surface area contributed by atoms with E-state index in [4.69, 9.17) is 18.0 Å². The number of halogens is 1. The Labute approximate surface area is 112 Å². The molecule has 1 atom stereocenters. The molecule has 0 amide bonds. The number of hydrogen-bond donors (Lipinski definition) is 2. The number of nitrogens with two attached hydrogens (primary N) is 1. The molecule has 1 rings (SSSR count). The number of aromatic nitrogens is 1. The first-order chi connectivity index (χ1) is 7.36. The van der Waals surface area contributed by atoms with Crippen LogP contribution in [0.3, 0.4) is 0 Å². The molecule has 0 aromatic carbocycles. The summed E-state index contributed by atoms with van der Waals surface area (Å²) in [5.41, 5.74) is 5.38. The van der Waals surface area contributed by atoms with E-state index in [9.17, 15) is 8.42 Å². The van der Waals surface area contributed by atoms with Gasteiger partial charge in [-0.1, -0.05) is 30.5 Å². The van der Waals surface area contributed by atoms with E-state index in [1.54, 1.807) is 6.92 Å². The van der Waals surface area contributed by atoms with Crippen LogP contribution in [0.5, 0.6) is 0 Å². The maximum Gasteiger partial charge on any atom is 0.243 e. The van der Waals surface area contributed by atoms with Gasteiger partial charge in [0, 0.05) is 0 Å². The molecule has 0 aliphatic carbocycles. The molecule has 1 unspecified atom stereocenters. The third kappa shape index (κ3) is 3.37. The fraction of sp³-hybridized carbons (Fsp3) is 0.429. The maximum atomic E-state index is 11.9. The molecule has 0 spiro atoms. The Morgan fingerprint density at radius 3 is 2.81 bits per heavy atom. The first-order valence-electron chi connectivity index (χ1n) is 4.29. The summed E-state index contributed by atoms with van der Waals surface area (Å²) in [6.07, 6.45) is 1.85. The first-order valence-corrected chi connectivity index (χ1v) is 7.85. The number of hydrogen-bond acceptors (Lipinski definition) is 5. The lowest BCUT2D eigenvalue weighted by molar-refractivity contribution is 0.594. The van der Waals surface area contributed by atoms with Gasteiger partial charge < -0.3 is 5.73 Å². The third-order valence-electron chi connectivity index (χ3n) is 1.77. The molecule has 3 N–H and O–H groups in total. The number of nitrogens with one attached hydrogen (secondary N) is 1. The summed E-state index contributed by atoms with van der Waals surface area (Å²) in [4.78, 5) is 3.84. The number of sulfonamides is 1. The lowest BCUT2D eigenvalue weighted by atomic mass is 10.3. The Bertz CT molecular complexity index is 485. The van der Waals surface area contributed by atoms with Crippen LogP contribution in [-0.4, -0.2) is 23.6 Å². The summed E-state index contributed by atoms with van der Waals surface area (Å²) in [7, 11) is -3.60. The van der Waals surface area contributed by atoms with Gasteiger partial charge in [-0.05, 0) is 22.4 Å². The van der Waals surface area contributed by atoms with E-state index in [-0.39, 0.29) is 4.99 Å². The Balaban J connectivity index is 2.90. The molecule has 0 bridgehead atoms. The van der Waals surface area contributed by atoms with Crippen molar-refractivity contribution in [3.8, 4) is 0 Å². The molecule has 0 saturated carbocycles. The molecule has 0 saturated heterocycles. The largest absolute Gasteiger partial charge is 0.392 e. The van der Waals surface area contributed by atoms with Crippen molar-refractivity contribution in [1.82, 2.24) is 4.98 Å². The van der Waals surface area contributed by atoms with Crippen molar-refractivity contribution in [1.29, 1.82) is 0 Å². The highest BCUT2D eigenvalue weighted by Crippen LogP contribution is 2.25. The normalized spacial score (nSPS) is 13.4. The van der Waals surface area contributed by atoms with Crippen LogP contribution in [0, 0.1) is 0 Å². The summed E-state index contributed by atoms with van der Waals surface area (Å²) in [6.45, 7) is 1.71. The molecule has 16 heavy (non-hydrogen) atoms. The van der Waals surface area contributed by atoms with Crippen molar-refractivity contribution in [2.45, 2.75) is 18.6 Å². The number of rotatable bonds is 5. The summed E-state index contributed by atoms with van der Waals surface area (Å²) in [6, 6.07) is 0. The van der Waals surface area contributed by atoms with Gasteiger partial charge in [0.25, 0.3) is 0 Å². The average molecular weight is 344 g/mol. The Hall–Kier alpha value is -0.250. The Morgan fingerprint density at radius 1 is 1.81 bits per heavy atom. The van der Waals surface area contributed by atoms with Crippen LogP contribution in [0.25, 0.3) is 0 Å². The van der Waals surface area contributed by atoms with Crippen molar-refractivity contribution in [2.75, 3.05) is 4.72 Å². The minimum absolute atomic E-state index is 0.0365. The molecule has 1 aromatic heterocycles. The molecule has 0 aliphatic heterocycles. The predicted molar refractivity (Wildman–Crippen MR) is 73.2 cm³/mol. The van der Waals surface area contributed by atoms with Crippen molar-refractivity contribution >= 4 is 59.6 Å². The third-order valence-corrected chi connectivity index (χ3v) is 5.54. The van der Waals surface area contributed by atoms with E-state index < -0.39 is 15.3 Å². The molecular formula is C7H10BrN3O2S3. The van der Waals surface area contributed by atoms with Gasteiger partial charge in [0.15, 0.2) is 5.13 Å². The van der Waals surface area contributed by atoms with Crippen LogP contribution in [-0.2, 0) is 10.0 Å². The van der Waals surface area contributed by atoms with E-state index >= 15 is 0 Å². The summed E-state index contributed by atoms with van der Waals surface area (Å²) in [5, 5.41) is -0.577. The van der Waals surface area contributed by atoms with Gasteiger partial charge in [-0.2, -0.15) is 0 Å². The van der Waals surface area contributed by atoms with Crippen LogP contribution in [0.15, 0.2) is 9.98 Å². The standard InChI is InChI=1S/C7H10BrN3O2S3/c1-2-4(6(9)14)16(12,13)11-7-10-3-5(8)15-7/h3-4H,2H2,1H3,(H2,9,14)(H,10,11). The number of nitrogens with zero attached hydrogens (tertiary/aromatic N) is 1. The predicted octanol–water partition coefficient (Wildman–Crippen LogP) is 1.71. The highest BCUT2D eigenvalue weighted by atomic mass is 79.9. The van der Waals surface area contributed by atoms with Crippen LogP contribution in [0.2, 0.25) is 0 Å². The van der Waals surface area contributed by atoms with Crippen molar-refractivity contribution in [3.63, 3.8) is 0 Å². The fourth-order valence-corrected chi connectivity index (χ4v) is 4.27. The minimum atomic E-state index is -3.60. The number of thiazole rings is 1. The first kappa shape index (κ1) is 13.8. The smallest absolute Gasteiger partial charge is 0.243 e. The van der Waals surface area contributed by atoms with Gasteiger partial charge in [0.2, 0.25) is 10.0 Å². The fourth-order valence-electron chi connectivity index (χ4n) is 1.07. The van der Waals surface area contributed by atoms with Gasteiger partial charge in [0.1, 0.15) is 5.25 Å². The van der Waals surface area contributed by atoms with Crippen LogP contribution >= 0.6 is 39.5 Å². The second-order valence-electron chi connectivity index (χ2n) is 2.92. The van der Waals surface area contributed by atoms with Gasteiger partial charge in [-0.3, -0.25) is 4.72 Å². The van der Waals surface area contributed by atoms with E-state index in [1.807, 2.05) is 0 Å². The zero-order valence-electron chi connectivity index (χ0n) is 8.31. The zero-order chi connectivity index (χ0) is 12.3. The van der Waals surface area contributed by atoms with Crippen LogP contribution in [0.1, 0.15) is 13.3 Å². The molecule has 1 heterocycles. The Morgan fingerprint density at radius 2 is 2.44 bits per heavy atom. The van der Waals surface area contributed by atoms with Crippen molar-refractivity contribution < 1.29 is 8.42 Å². The lowest BCUT2D eigenvalue weighted by Gasteiger charge is -2.14. The maximum absolute atomic E-state index is 11.9. The van der Waals surface area contributed by atoms with E-state index in [2.05, 4.69) is 25.6 Å². The molecule has 90 valence electrons. The van der Waals surface area contributed by atoms with E-state index in [0.29, 0.717) is 11.6 Å². The highest BCUT2D eigenvalue weighted by Gasteiger charge is 2.27. The summed E-state index contributed by atoms with van der Waals surface area (Å²) >= 11 is 9.10. The zero-order valence-corrected chi connectivity index (χ0v) is 12.3. The molecule has 0 aliphatic rings. The lowest BCUT2D eigenvalue weighted by Crippen LogP contribution is -2.37. The Kier molecular flexibility index (Phi) is 4.65. The SMILES string of the molecule is CCC(C(N)=S)S(=O)(=O)Nc1ncc(Br)s1. The molecule has 0 fully saturated rings.